The highest BCUT2D eigenvalue weighted by molar-refractivity contribution is 7.91. The van der Waals surface area contributed by atoms with Gasteiger partial charge in [0.1, 0.15) is 5.82 Å². The Hall–Kier alpha value is -0.940. The van der Waals surface area contributed by atoms with Crippen LogP contribution < -0.4 is 0 Å². The van der Waals surface area contributed by atoms with Crippen molar-refractivity contribution in [1.82, 2.24) is 0 Å². The van der Waals surface area contributed by atoms with E-state index in [0.717, 1.165) is 11.1 Å². The molecule has 1 saturated heterocycles. The number of hydrogen-bond acceptors (Lipinski definition) is 3. The molecule has 1 aromatic carbocycles. The molecule has 0 saturated carbocycles. The Morgan fingerprint density at radius 3 is 2.79 bits per heavy atom. The summed E-state index contributed by atoms with van der Waals surface area (Å²) in [7, 11) is -2.95. The Balaban J connectivity index is 2.13. The van der Waals surface area contributed by atoms with E-state index in [1.54, 1.807) is 6.07 Å². The Labute approximate surface area is 113 Å². The number of aryl methyl sites for hydroxylation is 1. The van der Waals surface area contributed by atoms with E-state index in [1.807, 2.05) is 6.92 Å². The summed E-state index contributed by atoms with van der Waals surface area (Å²) < 4.78 is 36.2. The second-order valence-electron chi connectivity index (χ2n) is 5.38. The van der Waals surface area contributed by atoms with Crippen molar-refractivity contribution in [3.8, 4) is 0 Å². The highest BCUT2D eigenvalue weighted by Gasteiger charge is 2.33. The molecule has 19 heavy (non-hydrogen) atoms. The van der Waals surface area contributed by atoms with Crippen LogP contribution in [0.1, 0.15) is 17.5 Å². The van der Waals surface area contributed by atoms with E-state index in [9.17, 15) is 17.9 Å². The molecule has 2 atom stereocenters. The van der Waals surface area contributed by atoms with Gasteiger partial charge in [-0.05, 0) is 54.9 Å². The number of halogens is 1. The van der Waals surface area contributed by atoms with Crippen LogP contribution in [0.3, 0.4) is 0 Å². The maximum Gasteiger partial charge on any atom is 0.150 e. The minimum absolute atomic E-state index is 0.0160. The Morgan fingerprint density at radius 2 is 2.21 bits per heavy atom. The van der Waals surface area contributed by atoms with E-state index in [2.05, 4.69) is 0 Å². The fourth-order valence-electron chi connectivity index (χ4n) is 2.72. The van der Waals surface area contributed by atoms with Crippen molar-refractivity contribution in [1.29, 1.82) is 0 Å². The highest BCUT2D eigenvalue weighted by atomic mass is 32.2. The summed E-state index contributed by atoms with van der Waals surface area (Å²) in [6.45, 7) is 1.84. The van der Waals surface area contributed by atoms with Gasteiger partial charge in [0.25, 0.3) is 0 Å². The van der Waals surface area contributed by atoms with E-state index < -0.39 is 9.84 Å². The first-order chi connectivity index (χ1) is 8.91. The van der Waals surface area contributed by atoms with Crippen molar-refractivity contribution in [3.05, 3.63) is 35.1 Å². The van der Waals surface area contributed by atoms with Crippen molar-refractivity contribution in [2.45, 2.75) is 19.8 Å². The molecule has 0 aromatic heterocycles. The van der Waals surface area contributed by atoms with Crippen LogP contribution in [0.2, 0.25) is 0 Å². The van der Waals surface area contributed by atoms with Crippen molar-refractivity contribution >= 4 is 9.84 Å². The first-order valence-electron chi connectivity index (χ1n) is 6.47. The summed E-state index contributed by atoms with van der Waals surface area (Å²) >= 11 is 0. The summed E-state index contributed by atoms with van der Waals surface area (Å²) in [6.07, 6.45) is 1.13. The molecule has 1 aliphatic heterocycles. The molecule has 3 nitrogen and oxygen atoms in total. The molecule has 0 spiro atoms. The van der Waals surface area contributed by atoms with Gasteiger partial charge in [0, 0.05) is 6.61 Å². The molecule has 1 heterocycles. The fraction of sp³-hybridized carbons (Fsp3) is 0.571. The van der Waals surface area contributed by atoms with Gasteiger partial charge in [-0.2, -0.15) is 0 Å². The quantitative estimate of drug-likeness (QED) is 0.917. The summed E-state index contributed by atoms with van der Waals surface area (Å²) in [6, 6.07) is 4.60. The van der Waals surface area contributed by atoms with Crippen LogP contribution in [0.15, 0.2) is 18.2 Å². The smallest absolute Gasteiger partial charge is 0.150 e. The molecule has 0 radical (unpaired) electrons. The van der Waals surface area contributed by atoms with Crippen LogP contribution >= 0.6 is 0 Å². The largest absolute Gasteiger partial charge is 0.396 e. The summed E-state index contributed by atoms with van der Waals surface area (Å²) in [5.74, 6) is -0.0742. The fourth-order valence-corrected chi connectivity index (χ4v) is 4.64. The van der Waals surface area contributed by atoms with E-state index in [4.69, 9.17) is 0 Å². The van der Waals surface area contributed by atoms with Gasteiger partial charge in [-0.15, -0.1) is 0 Å². The number of benzene rings is 1. The standard InChI is InChI=1S/C14H19FO3S/c1-10-2-3-14(15)7-12(10)6-13(8-16)11-4-5-19(17,18)9-11/h2-3,7,11,13,16H,4-6,8-9H2,1H3. The highest BCUT2D eigenvalue weighted by Crippen LogP contribution is 2.29. The van der Waals surface area contributed by atoms with Gasteiger partial charge >= 0.3 is 0 Å². The molecule has 1 aliphatic rings. The molecule has 0 aliphatic carbocycles. The molecule has 1 aromatic rings. The average molecular weight is 286 g/mol. The molecule has 106 valence electrons. The molecule has 1 N–H and O–H groups in total. The lowest BCUT2D eigenvalue weighted by Crippen LogP contribution is -2.22. The van der Waals surface area contributed by atoms with E-state index >= 15 is 0 Å². The first-order valence-corrected chi connectivity index (χ1v) is 8.30. The molecule has 0 bridgehead atoms. The predicted octanol–water partition coefficient (Wildman–Crippen LogP) is 1.72. The van der Waals surface area contributed by atoms with Crippen molar-refractivity contribution < 1.29 is 17.9 Å². The summed E-state index contributed by atoms with van der Waals surface area (Å²) in [5.41, 5.74) is 1.82. The minimum atomic E-state index is -2.95. The number of rotatable bonds is 4. The van der Waals surface area contributed by atoms with Gasteiger partial charge in [-0.1, -0.05) is 6.07 Å². The summed E-state index contributed by atoms with van der Waals surface area (Å²) in [5, 5.41) is 9.49. The van der Waals surface area contributed by atoms with Crippen molar-refractivity contribution in [2.75, 3.05) is 18.1 Å². The number of hydrogen-bond donors (Lipinski definition) is 1. The maximum atomic E-state index is 13.2. The molecular weight excluding hydrogens is 267 g/mol. The van der Waals surface area contributed by atoms with Crippen molar-refractivity contribution in [2.24, 2.45) is 11.8 Å². The Kier molecular flexibility index (Phi) is 4.26. The average Bonchev–Trinajstić information content (AvgIpc) is 2.70. The van der Waals surface area contributed by atoms with E-state index in [1.165, 1.54) is 12.1 Å². The van der Waals surface area contributed by atoms with Gasteiger partial charge in [0.05, 0.1) is 11.5 Å². The number of sulfone groups is 1. The molecule has 1 fully saturated rings. The Bertz CT molecular complexity index is 554. The van der Waals surface area contributed by atoms with Crippen LogP contribution in [-0.4, -0.2) is 31.6 Å². The van der Waals surface area contributed by atoms with Crippen LogP contribution in [0.5, 0.6) is 0 Å². The molecule has 2 unspecified atom stereocenters. The first kappa shape index (κ1) is 14.5. The predicted molar refractivity (Wildman–Crippen MR) is 72.2 cm³/mol. The van der Waals surface area contributed by atoms with E-state index in [0.29, 0.717) is 12.8 Å². The van der Waals surface area contributed by atoms with Gasteiger partial charge in [-0.3, -0.25) is 0 Å². The molecular formula is C14H19FO3S. The van der Waals surface area contributed by atoms with Crippen molar-refractivity contribution in [3.63, 3.8) is 0 Å². The van der Waals surface area contributed by atoms with Gasteiger partial charge < -0.3 is 5.11 Å². The van der Waals surface area contributed by atoms with Gasteiger partial charge in [0.15, 0.2) is 9.84 Å². The van der Waals surface area contributed by atoms with Crippen LogP contribution in [-0.2, 0) is 16.3 Å². The topological polar surface area (TPSA) is 54.4 Å². The zero-order valence-electron chi connectivity index (χ0n) is 11.0. The zero-order chi connectivity index (χ0) is 14.0. The third kappa shape index (κ3) is 3.54. The van der Waals surface area contributed by atoms with Crippen LogP contribution in [0.25, 0.3) is 0 Å². The van der Waals surface area contributed by atoms with Crippen LogP contribution in [0, 0.1) is 24.6 Å². The van der Waals surface area contributed by atoms with Gasteiger partial charge in [-0.25, -0.2) is 12.8 Å². The van der Waals surface area contributed by atoms with Crippen LogP contribution in [0.4, 0.5) is 4.39 Å². The molecule has 2 rings (SSSR count). The maximum absolute atomic E-state index is 13.2. The lowest BCUT2D eigenvalue weighted by molar-refractivity contribution is 0.183. The zero-order valence-corrected chi connectivity index (χ0v) is 11.8. The third-order valence-electron chi connectivity index (χ3n) is 3.96. The normalized spacial score (nSPS) is 23.4. The minimum Gasteiger partial charge on any atom is -0.396 e. The second kappa shape index (κ2) is 5.59. The lowest BCUT2D eigenvalue weighted by atomic mass is 9.86. The Morgan fingerprint density at radius 1 is 1.47 bits per heavy atom. The SMILES string of the molecule is Cc1ccc(F)cc1CC(CO)C1CCS(=O)(=O)C1. The van der Waals surface area contributed by atoms with E-state index in [-0.39, 0.29) is 35.8 Å². The molecule has 0 amide bonds. The lowest BCUT2D eigenvalue weighted by Gasteiger charge is -2.21. The monoisotopic (exact) mass is 286 g/mol. The number of aliphatic hydroxyl groups is 1. The third-order valence-corrected chi connectivity index (χ3v) is 5.76. The summed E-state index contributed by atoms with van der Waals surface area (Å²) in [4.78, 5) is 0. The van der Waals surface area contributed by atoms with Gasteiger partial charge in [0.2, 0.25) is 0 Å². The molecule has 5 heteroatoms. The second-order valence-corrected chi connectivity index (χ2v) is 7.61. The number of aliphatic hydroxyl groups excluding tert-OH is 1.